The third kappa shape index (κ3) is 6.15. The van der Waals surface area contributed by atoms with Crippen LogP contribution in [-0.2, 0) is 9.59 Å². The van der Waals surface area contributed by atoms with Gasteiger partial charge in [-0.05, 0) is 31.0 Å². The van der Waals surface area contributed by atoms with Gasteiger partial charge in [-0.3, -0.25) is 9.59 Å². The average Bonchev–Trinajstić information content (AvgIpc) is 2.48. The van der Waals surface area contributed by atoms with Crippen molar-refractivity contribution in [1.82, 2.24) is 5.32 Å². The number of anilines is 1. The van der Waals surface area contributed by atoms with Gasteiger partial charge in [-0.15, -0.1) is 0 Å². The number of carbonyl (C=O) groups is 2. The minimum atomic E-state index is -1.02. The maximum atomic E-state index is 12.9. The molecule has 0 fully saturated rings. The van der Waals surface area contributed by atoms with Gasteiger partial charge in [-0.1, -0.05) is 38.3 Å². The zero-order valence-corrected chi connectivity index (χ0v) is 14.0. The molecule has 0 heterocycles. The molecule has 23 heavy (non-hydrogen) atoms. The molecule has 0 saturated carbocycles. The number of halogens is 2. The van der Waals surface area contributed by atoms with E-state index in [9.17, 15) is 19.1 Å². The first kappa shape index (κ1) is 19.4. The molecule has 0 unspecified atom stereocenters. The van der Waals surface area contributed by atoms with Gasteiger partial charge in [0.1, 0.15) is 5.82 Å². The first-order valence-corrected chi connectivity index (χ1v) is 7.95. The van der Waals surface area contributed by atoms with Gasteiger partial charge in [-0.25, -0.2) is 4.39 Å². The molecule has 0 aliphatic heterocycles. The molecule has 0 aliphatic rings. The summed E-state index contributed by atoms with van der Waals surface area (Å²) in [6, 6.07) is 3.43. The Bertz CT molecular complexity index is 560. The van der Waals surface area contributed by atoms with Crippen molar-refractivity contribution in [3.63, 3.8) is 0 Å². The molecule has 128 valence electrons. The molecule has 3 N–H and O–H groups in total. The fraction of sp³-hybridized carbons (Fsp3) is 0.500. The minimum Gasteiger partial charge on any atom is -0.388 e. The van der Waals surface area contributed by atoms with Crippen molar-refractivity contribution in [2.75, 3.05) is 11.9 Å². The van der Waals surface area contributed by atoms with Gasteiger partial charge in [0.05, 0.1) is 16.3 Å². The SMILES string of the molecule is CCCC(O)(CCC)CNC(=O)C(=O)Nc1ccc(F)cc1Cl. The molecule has 1 aromatic carbocycles. The normalized spacial score (nSPS) is 11.2. The van der Waals surface area contributed by atoms with Crippen LogP contribution in [0.15, 0.2) is 18.2 Å². The third-order valence-corrected chi connectivity index (χ3v) is 3.71. The van der Waals surface area contributed by atoms with Crippen LogP contribution >= 0.6 is 11.6 Å². The summed E-state index contributed by atoms with van der Waals surface area (Å²) < 4.78 is 12.9. The van der Waals surface area contributed by atoms with Gasteiger partial charge >= 0.3 is 11.8 Å². The maximum absolute atomic E-state index is 12.9. The van der Waals surface area contributed by atoms with Gasteiger partial charge in [-0.2, -0.15) is 0 Å². The summed E-state index contributed by atoms with van der Waals surface area (Å²) >= 11 is 5.78. The second-order valence-electron chi connectivity index (χ2n) is 5.49. The van der Waals surface area contributed by atoms with Crippen molar-refractivity contribution in [1.29, 1.82) is 0 Å². The number of rotatable bonds is 7. The van der Waals surface area contributed by atoms with Gasteiger partial charge in [0, 0.05) is 6.54 Å². The van der Waals surface area contributed by atoms with Gasteiger partial charge < -0.3 is 15.7 Å². The molecule has 0 spiro atoms. The number of benzene rings is 1. The maximum Gasteiger partial charge on any atom is 0.313 e. The van der Waals surface area contributed by atoms with Crippen LogP contribution in [0.25, 0.3) is 0 Å². The van der Waals surface area contributed by atoms with Crippen LogP contribution in [0.1, 0.15) is 39.5 Å². The number of carbonyl (C=O) groups excluding carboxylic acids is 2. The highest BCUT2D eigenvalue weighted by molar-refractivity contribution is 6.41. The lowest BCUT2D eigenvalue weighted by atomic mass is 9.92. The van der Waals surface area contributed by atoms with Gasteiger partial charge in [0.25, 0.3) is 0 Å². The fourth-order valence-electron chi connectivity index (χ4n) is 2.33. The summed E-state index contributed by atoms with van der Waals surface area (Å²) in [5.74, 6) is -2.34. The van der Waals surface area contributed by atoms with E-state index in [0.29, 0.717) is 12.8 Å². The summed E-state index contributed by atoms with van der Waals surface area (Å²) in [6.45, 7) is 3.87. The molecule has 0 bridgehead atoms. The van der Waals surface area contributed by atoms with Crippen molar-refractivity contribution in [2.45, 2.75) is 45.1 Å². The number of amides is 2. The standard InChI is InChI=1S/C16H22ClFN2O3/c1-3-7-16(23,8-4-2)10-19-14(21)15(22)20-13-6-5-11(18)9-12(13)17/h5-6,9,23H,3-4,7-8,10H2,1-2H3,(H,19,21)(H,20,22). The van der Waals surface area contributed by atoms with E-state index in [-0.39, 0.29) is 17.3 Å². The van der Waals surface area contributed by atoms with E-state index in [1.807, 2.05) is 13.8 Å². The average molecular weight is 345 g/mol. The Labute approximate surface area is 140 Å². The summed E-state index contributed by atoms with van der Waals surface area (Å²) in [6.07, 6.45) is 2.60. The molecule has 0 aromatic heterocycles. The topological polar surface area (TPSA) is 78.4 Å². The Morgan fingerprint density at radius 1 is 1.22 bits per heavy atom. The number of hydrogen-bond donors (Lipinski definition) is 3. The largest absolute Gasteiger partial charge is 0.388 e. The third-order valence-electron chi connectivity index (χ3n) is 3.39. The predicted octanol–water partition coefficient (Wildman–Crippen LogP) is 2.87. The molecule has 7 heteroatoms. The van der Waals surface area contributed by atoms with Crippen molar-refractivity contribution in [2.24, 2.45) is 0 Å². The Morgan fingerprint density at radius 2 is 1.83 bits per heavy atom. The highest BCUT2D eigenvalue weighted by atomic mass is 35.5. The van der Waals surface area contributed by atoms with E-state index < -0.39 is 23.2 Å². The molecule has 1 rings (SSSR count). The lowest BCUT2D eigenvalue weighted by Gasteiger charge is -2.27. The smallest absolute Gasteiger partial charge is 0.313 e. The zero-order chi connectivity index (χ0) is 17.5. The molecular formula is C16H22ClFN2O3. The van der Waals surface area contributed by atoms with Crippen LogP contribution in [0.5, 0.6) is 0 Å². The van der Waals surface area contributed by atoms with Crippen LogP contribution < -0.4 is 10.6 Å². The Hall–Kier alpha value is -1.66. The van der Waals surface area contributed by atoms with Gasteiger partial charge in [0.15, 0.2) is 0 Å². The predicted molar refractivity (Wildman–Crippen MR) is 87.8 cm³/mol. The molecule has 0 radical (unpaired) electrons. The van der Waals surface area contributed by atoms with Crippen molar-refractivity contribution < 1.29 is 19.1 Å². The van der Waals surface area contributed by atoms with E-state index in [2.05, 4.69) is 10.6 Å². The van der Waals surface area contributed by atoms with E-state index >= 15 is 0 Å². The quantitative estimate of drug-likeness (QED) is 0.665. The van der Waals surface area contributed by atoms with Crippen molar-refractivity contribution in [3.8, 4) is 0 Å². The Morgan fingerprint density at radius 3 is 2.35 bits per heavy atom. The van der Waals surface area contributed by atoms with Gasteiger partial charge in [0.2, 0.25) is 0 Å². The molecule has 0 aliphatic carbocycles. The lowest BCUT2D eigenvalue weighted by molar-refractivity contribution is -0.137. The summed E-state index contributed by atoms with van der Waals surface area (Å²) in [5, 5.41) is 15.1. The second-order valence-corrected chi connectivity index (χ2v) is 5.89. The highest BCUT2D eigenvalue weighted by Gasteiger charge is 2.27. The van der Waals surface area contributed by atoms with Crippen LogP contribution in [0, 0.1) is 5.82 Å². The van der Waals surface area contributed by atoms with E-state index in [4.69, 9.17) is 11.6 Å². The fourth-order valence-corrected chi connectivity index (χ4v) is 2.54. The number of nitrogens with one attached hydrogen (secondary N) is 2. The molecule has 2 amide bonds. The van der Waals surface area contributed by atoms with Crippen molar-refractivity contribution in [3.05, 3.63) is 29.0 Å². The number of hydrogen-bond acceptors (Lipinski definition) is 3. The molecule has 5 nitrogen and oxygen atoms in total. The molecule has 0 saturated heterocycles. The summed E-state index contributed by atoms with van der Waals surface area (Å²) in [7, 11) is 0. The van der Waals surface area contributed by atoms with Crippen molar-refractivity contribution >= 4 is 29.1 Å². The van der Waals surface area contributed by atoms with Crippen LogP contribution in [0.4, 0.5) is 10.1 Å². The monoisotopic (exact) mass is 344 g/mol. The first-order chi connectivity index (χ1) is 10.8. The molecular weight excluding hydrogens is 323 g/mol. The zero-order valence-electron chi connectivity index (χ0n) is 13.3. The minimum absolute atomic E-state index is 0.000351. The van der Waals surface area contributed by atoms with Crippen LogP contribution in [0.2, 0.25) is 5.02 Å². The van der Waals surface area contributed by atoms with E-state index in [1.54, 1.807) is 0 Å². The Balaban J connectivity index is 2.61. The highest BCUT2D eigenvalue weighted by Crippen LogP contribution is 2.22. The molecule has 1 aromatic rings. The van der Waals surface area contributed by atoms with E-state index in [0.717, 1.165) is 25.0 Å². The van der Waals surface area contributed by atoms with Crippen LogP contribution in [-0.4, -0.2) is 29.1 Å². The number of aliphatic hydroxyl groups is 1. The molecule has 0 atom stereocenters. The summed E-state index contributed by atoms with van der Waals surface area (Å²) in [5.41, 5.74) is -0.877. The Kier molecular flexibility index (Phi) is 7.45. The first-order valence-electron chi connectivity index (χ1n) is 7.58. The second kappa shape index (κ2) is 8.84. The summed E-state index contributed by atoms with van der Waals surface area (Å²) in [4.78, 5) is 23.7. The van der Waals surface area contributed by atoms with E-state index in [1.165, 1.54) is 6.07 Å². The lowest BCUT2D eigenvalue weighted by Crippen LogP contribution is -2.46. The van der Waals surface area contributed by atoms with Crippen LogP contribution in [0.3, 0.4) is 0 Å².